The molecule has 0 amide bonds. The minimum atomic E-state index is -0.490. The fourth-order valence-electron chi connectivity index (χ4n) is 2.26. The Balaban J connectivity index is 1.69. The SMILES string of the molecule is Fc1ccc(Cl)c(CCOc2cccc(-c3ncc(Br)cn3)c2)c1Cl. The van der Waals surface area contributed by atoms with Gasteiger partial charge in [-0.15, -0.1) is 0 Å². The van der Waals surface area contributed by atoms with Crippen molar-refractivity contribution in [2.45, 2.75) is 6.42 Å². The van der Waals surface area contributed by atoms with E-state index in [2.05, 4.69) is 25.9 Å². The van der Waals surface area contributed by atoms with Crippen LogP contribution in [0.15, 0.2) is 53.3 Å². The molecule has 0 saturated heterocycles. The maximum absolute atomic E-state index is 13.5. The van der Waals surface area contributed by atoms with Crippen LogP contribution in [0.4, 0.5) is 4.39 Å². The average Bonchev–Trinajstić information content (AvgIpc) is 2.62. The second kappa shape index (κ2) is 8.13. The molecule has 0 saturated carbocycles. The molecule has 128 valence electrons. The fourth-order valence-corrected chi connectivity index (χ4v) is 3.02. The Morgan fingerprint density at radius 3 is 2.60 bits per heavy atom. The Morgan fingerprint density at radius 2 is 1.84 bits per heavy atom. The predicted molar refractivity (Wildman–Crippen MR) is 101 cm³/mol. The van der Waals surface area contributed by atoms with Crippen LogP contribution >= 0.6 is 39.1 Å². The van der Waals surface area contributed by atoms with Crippen molar-refractivity contribution in [3.05, 3.63) is 74.7 Å². The normalized spacial score (nSPS) is 10.7. The summed E-state index contributed by atoms with van der Waals surface area (Å²) in [5.74, 6) is 0.771. The lowest BCUT2D eigenvalue weighted by Crippen LogP contribution is -2.03. The van der Waals surface area contributed by atoms with E-state index >= 15 is 0 Å². The largest absolute Gasteiger partial charge is 0.493 e. The quantitative estimate of drug-likeness (QED) is 0.457. The van der Waals surface area contributed by atoms with Gasteiger partial charge in [0.2, 0.25) is 0 Å². The van der Waals surface area contributed by atoms with Gasteiger partial charge in [-0.3, -0.25) is 0 Å². The Morgan fingerprint density at radius 1 is 1.08 bits per heavy atom. The van der Waals surface area contributed by atoms with Gasteiger partial charge in [-0.25, -0.2) is 14.4 Å². The van der Waals surface area contributed by atoms with Crippen LogP contribution in [0.3, 0.4) is 0 Å². The molecule has 0 radical (unpaired) electrons. The molecular weight excluding hydrogens is 430 g/mol. The third-order valence-electron chi connectivity index (χ3n) is 3.47. The third-order valence-corrected chi connectivity index (χ3v) is 4.64. The van der Waals surface area contributed by atoms with Crippen LogP contribution in [0.25, 0.3) is 11.4 Å². The number of aromatic nitrogens is 2. The standard InChI is InChI=1S/C18H12BrCl2FN2O/c19-12-9-23-18(24-10-12)11-2-1-3-13(8-11)25-7-6-14-15(20)4-5-16(22)17(14)21/h1-5,8-10H,6-7H2. The van der Waals surface area contributed by atoms with Crippen LogP contribution in [0, 0.1) is 5.82 Å². The first-order valence-corrected chi connectivity index (χ1v) is 8.92. The molecule has 3 rings (SSSR count). The molecule has 0 aliphatic rings. The molecule has 0 fully saturated rings. The van der Waals surface area contributed by atoms with Gasteiger partial charge in [-0.2, -0.15) is 0 Å². The summed E-state index contributed by atoms with van der Waals surface area (Å²) in [5.41, 5.74) is 1.38. The van der Waals surface area contributed by atoms with Gasteiger partial charge in [0.1, 0.15) is 11.6 Å². The number of hydrogen-bond donors (Lipinski definition) is 0. The molecule has 2 aromatic carbocycles. The number of halogens is 4. The number of hydrogen-bond acceptors (Lipinski definition) is 3. The summed E-state index contributed by atoms with van der Waals surface area (Å²) in [6.45, 7) is 0.313. The highest BCUT2D eigenvalue weighted by molar-refractivity contribution is 9.10. The van der Waals surface area contributed by atoms with E-state index in [0.29, 0.717) is 35.2 Å². The zero-order chi connectivity index (χ0) is 17.8. The topological polar surface area (TPSA) is 35.0 Å². The van der Waals surface area contributed by atoms with Gasteiger partial charge in [-0.1, -0.05) is 35.3 Å². The van der Waals surface area contributed by atoms with Crippen LogP contribution in [0.5, 0.6) is 5.75 Å². The minimum Gasteiger partial charge on any atom is -0.493 e. The van der Waals surface area contributed by atoms with E-state index in [-0.39, 0.29) is 5.02 Å². The second-order valence-electron chi connectivity index (χ2n) is 5.17. The van der Waals surface area contributed by atoms with Gasteiger partial charge in [0.15, 0.2) is 5.82 Å². The second-order valence-corrected chi connectivity index (χ2v) is 6.87. The first-order chi connectivity index (χ1) is 12.0. The number of ether oxygens (including phenoxy) is 1. The number of rotatable bonds is 5. The molecule has 0 atom stereocenters. The summed E-state index contributed by atoms with van der Waals surface area (Å²) >= 11 is 15.3. The van der Waals surface area contributed by atoms with Crippen LogP contribution in [0.2, 0.25) is 10.0 Å². The Bertz CT molecular complexity index is 891. The summed E-state index contributed by atoms with van der Waals surface area (Å²) in [6.07, 6.45) is 3.77. The van der Waals surface area contributed by atoms with Crippen molar-refractivity contribution in [3.8, 4) is 17.1 Å². The molecule has 1 aromatic heterocycles. The van der Waals surface area contributed by atoms with E-state index in [4.69, 9.17) is 27.9 Å². The van der Waals surface area contributed by atoms with Gasteiger partial charge in [-0.05, 0) is 45.8 Å². The van der Waals surface area contributed by atoms with Crippen molar-refractivity contribution in [1.82, 2.24) is 9.97 Å². The molecule has 0 aliphatic carbocycles. The molecule has 0 unspecified atom stereocenters. The molecule has 0 spiro atoms. The van der Waals surface area contributed by atoms with Crippen molar-refractivity contribution >= 4 is 39.1 Å². The molecule has 3 nitrogen and oxygen atoms in total. The number of benzene rings is 2. The van der Waals surface area contributed by atoms with E-state index in [1.807, 2.05) is 24.3 Å². The summed E-state index contributed by atoms with van der Waals surface area (Å²) in [4.78, 5) is 8.52. The van der Waals surface area contributed by atoms with Crippen LogP contribution < -0.4 is 4.74 Å². The molecular formula is C18H12BrCl2FN2O. The fraction of sp³-hybridized carbons (Fsp3) is 0.111. The van der Waals surface area contributed by atoms with Gasteiger partial charge in [0.25, 0.3) is 0 Å². The van der Waals surface area contributed by atoms with E-state index in [0.717, 1.165) is 10.0 Å². The van der Waals surface area contributed by atoms with Crippen LogP contribution in [-0.4, -0.2) is 16.6 Å². The molecule has 3 aromatic rings. The first kappa shape index (κ1) is 18.1. The highest BCUT2D eigenvalue weighted by Crippen LogP contribution is 2.28. The highest BCUT2D eigenvalue weighted by Gasteiger charge is 2.11. The number of nitrogens with zero attached hydrogens (tertiary/aromatic N) is 2. The lowest BCUT2D eigenvalue weighted by Gasteiger charge is -2.10. The third kappa shape index (κ3) is 4.48. The van der Waals surface area contributed by atoms with Crippen molar-refractivity contribution in [2.24, 2.45) is 0 Å². The van der Waals surface area contributed by atoms with E-state index in [1.54, 1.807) is 12.4 Å². The van der Waals surface area contributed by atoms with E-state index in [9.17, 15) is 4.39 Å². The zero-order valence-electron chi connectivity index (χ0n) is 12.8. The van der Waals surface area contributed by atoms with Crippen molar-refractivity contribution in [2.75, 3.05) is 6.61 Å². The van der Waals surface area contributed by atoms with Gasteiger partial charge >= 0.3 is 0 Å². The van der Waals surface area contributed by atoms with Gasteiger partial charge < -0.3 is 4.74 Å². The average molecular weight is 442 g/mol. The van der Waals surface area contributed by atoms with Gasteiger partial charge in [0, 0.05) is 29.4 Å². The van der Waals surface area contributed by atoms with Crippen molar-refractivity contribution in [3.63, 3.8) is 0 Å². The molecule has 0 N–H and O–H groups in total. The molecule has 25 heavy (non-hydrogen) atoms. The molecule has 7 heteroatoms. The monoisotopic (exact) mass is 440 g/mol. The lowest BCUT2D eigenvalue weighted by molar-refractivity contribution is 0.322. The lowest BCUT2D eigenvalue weighted by atomic mass is 10.1. The van der Waals surface area contributed by atoms with Crippen LogP contribution in [0.1, 0.15) is 5.56 Å². The zero-order valence-corrected chi connectivity index (χ0v) is 15.9. The minimum absolute atomic E-state index is 0.0353. The van der Waals surface area contributed by atoms with Crippen molar-refractivity contribution < 1.29 is 9.13 Å². The highest BCUT2D eigenvalue weighted by atomic mass is 79.9. The maximum Gasteiger partial charge on any atom is 0.159 e. The molecule has 0 aliphatic heterocycles. The summed E-state index contributed by atoms with van der Waals surface area (Å²) in [6, 6.07) is 10.2. The summed E-state index contributed by atoms with van der Waals surface area (Å²) in [7, 11) is 0. The maximum atomic E-state index is 13.5. The van der Waals surface area contributed by atoms with Gasteiger partial charge in [0.05, 0.1) is 16.1 Å². The Hall–Kier alpha value is -1.69. The Kier molecular flexibility index (Phi) is 5.89. The summed E-state index contributed by atoms with van der Waals surface area (Å²) < 4.78 is 20.1. The molecule has 1 heterocycles. The first-order valence-electron chi connectivity index (χ1n) is 7.38. The van der Waals surface area contributed by atoms with Crippen molar-refractivity contribution in [1.29, 1.82) is 0 Å². The van der Waals surface area contributed by atoms with Crippen LogP contribution in [-0.2, 0) is 6.42 Å². The Labute approximate surface area is 162 Å². The van der Waals surface area contributed by atoms with E-state index in [1.165, 1.54) is 12.1 Å². The smallest absolute Gasteiger partial charge is 0.159 e. The molecule has 0 bridgehead atoms. The predicted octanol–water partition coefficient (Wildman–Crippen LogP) is 5.97. The van der Waals surface area contributed by atoms with E-state index < -0.39 is 5.82 Å². The summed E-state index contributed by atoms with van der Waals surface area (Å²) in [5, 5.41) is 0.458.